The molecule has 2 aromatic rings. The van der Waals surface area contributed by atoms with Crippen molar-refractivity contribution >= 4 is 17.3 Å². The molecule has 1 heterocycles. The van der Waals surface area contributed by atoms with Crippen LogP contribution in [0.4, 0.5) is 17.3 Å². The van der Waals surface area contributed by atoms with Crippen molar-refractivity contribution in [2.45, 2.75) is 33.1 Å². The van der Waals surface area contributed by atoms with Gasteiger partial charge in [-0.2, -0.15) is 0 Å². The lowest BCUT2D eigenvalue weighted by atomic mass is 10.2. The molecule has 0 radical (unpaired) electrons. The van der Waals surface area contributed by atoms with Crippen LogP contribution in [0.25, 0.3) is 0 Å². The monoisotopic (exact) mass is 300 g/mol. The van der Waals surface area contributed by atoms with E-state index in [0.29, 0.717) is 0 Å². The number of rotatable bonds is 8. The van der Waals surface area contributed by atoms with Crippen LogP contribution < -0.4 is 15.4 Å². The highest BCUT2D eigenvalue weighted by molar-refractivity contribution is 5.60. The Bertz CT molecular complexity index is 601. The van der Waals surface area contributed by atoms with Gasteiger partial charge in [-0.3, -0.25) is 0 Å². The number of ether oxygens (including phenoxy) is 1. The predicted molar refractivity (Wildman–Crippen MR) is 91.1 cm³/mol. The third kappa shape index (κ3) is 4.91. The van der Waals surface area contributed by atoms with Gasteiger partial charge in [0, 0.05) is 24.4 Å². The summed E-state index contributed by atoms with van der Waals surface area (Å²) in [5, 5.41) is 6.64. The minimum atomic E-state index is 0.742. The van der Waals surface area contributed by atoms with Crippen LogP contribution in [0, 0.1) is 6.92 Å². The fourth-order valence-electron chi connectivity index (χ4n) is 2.16. The van der Waals surface area contributed by atoms with E-state index in [2.05, 4.69) is 27.5 Å². The van der Waals surface area contributed by atoms with Crippen LogP contribution in [0.3, 0.4) is 0 Å². The maximum Gasteiger partial charge on any atom is 0.136 e. The first kappa shape index (κ1) is 16.1. The highest BCUT2D eigenvalue weighted by Gasteiger charge is 2.03. The molecule has 118 valence electrons. The fraction of sp³-hybridized carbons (Fsp3) is 0.412. The Labute approximate surface area is 132 Å². The molecule has 0 spiro atoms. The molecule has 0 saturated heterocycles. The standard InChI is InChI=1S/C17H24N4O/c1-4-5-6-10-18-16-12-17(20-13(2)19-16)21-14-8-7-9-15(11-14)22-3/h7-9,11-12H,4-6,10H2,1-3H3,(H2,18,19,20,21). The van der Waals surface area contributed by atoms with Crippen molar-refractivity contribution in [3.8, 4) is 5.75 Å². The van der Waals surface area contributed by atoms with Crippen LogP contribution in [0.5, 0.6) is 5.75 Å². The highest BCUT2D eigenvalue weighted by Crippen LogP contribution is 2.21. The van der Waals surface area contributed by atoms with Gasteiger partial charge >= 0.3 is 0 Å². The van der Waals surface area contributed by atoms with Crippen LogP contribution in [0.15, 0.2) is 30.3 Å². The average Bonchev–Trinajstić information content (AvgIpc) is 2.51. The first-order valence-corrected chi connectivity index (χ1v) is 7.72. The molecule has 0 bridgehead atoms. The number of aryl methyl sites for hydroxylation is 1. The Hall–Kier alpha value is -2.30. The molecule has 0 aliphatic heterocycles. The van der Waals surface area contributed by atoms with Gasteiger partial charge in [0.15, 0.2) is 0 Å². The SMILES string of the molecule is CCCCCNc1cc(Nc2cccc(OC)c2)nc(C)n1. The van der Waals surface area contributed by atoms with E-state index in [-0.39, 0.29) is 0 Å². The smallest absolute Gasteiger partial charge is 0.136 e. The number of unbranched alkanes of at least 4 members (excludes halogenated alkanes) is 2. The highest BCUT2D eigenvalue weighted by atomic mass is 16.5. The molecule has 1 aromatic carbocycles. The summed E-state index contributed by atoms with van der Waals surface area (Å²) in [5.41, 5.74) is 0.939. The van der Waals surface area contributed by atoms with Crippen LogP contribution in [-0.2, 0) is 0 Å². The van der Waals surface area contributed by atoms with Crippen LogP contribution in [-0.4, -0.2) is 23.6 Å². The summed E-state index contributed by atoms with van der Waals surface area (Å²) in [7, 11) is 1.66. The molecular formula is C17H24N4O. The van der Waals surface area contributed by atoms with Crippen molar-refractivity contribution in [2.24, 2.45) is 0 Å². The summed E-state index contributed by atoms with van der Waals surface area (Å²) in [6.45, 7) is 5.03. The first-order valence-electron chi connectivity index (χ1n) is 7.72. The normalized spacial score (nSPS) is 10.3. The Morgan fingerprint density at radius 1 is 1.09 bits per heavy atom. The van der Waals surface area contributed by atoms with Crippen molar-refractivity contribution in [1.29, 1.82) is 0 Å². The molecule has 2 rings (SSSR count). The van der Waals surface area contributed by atoms with E-state index < -0.39 is 0 Å². The molecule has 22 heavy (non-hydrogen) atoms. The van der Waals surface area contributed by atoms with Crippen molar-refractivity contribution in [1.82, 2.24) is 9.97 Å². The molecule has 0 amide bonds. The molecule has 5 heteroatoms. The van der Waals surface area contributed by atoms with Gasteiger partial charge in [-0.1, -0.05) is 25.8 Å². The molecule has 2 N–H and O–H groups in total. The van der Waals surface area contributed by atoms with Crippen LogP contribution in [0.2, 0.25) is 0 Å². The molecule has 0 aliphatic carbocycles. The van der Waals surface area contributed by atoms with Crippen molar-refractivity contribution < 1.29 is 4.74 Å². The number of nitrogens with zero attached hydrogens (tertiary/aromatic N) is 2. The maximum absolute atomic E-state index is 5.23. The number of hydrogen-bond acceptors (Lipinski definition) is 5. The number of hydrogen-bond donors (Lipinski definition) is 2. The molecule has 0 aliphatic rings. The summed E-state index contributed by atoms with van der Waals surface area (Å²) in [6.07, 6.45) is 3.59. The van der Waals surface area contributed by atoms with Crippen LogP contribution in [0.1, 0.15) is 32.0 Å². The second-order valence-electron chi connectivity index (χ2n) is 5.18. The maximum atomic E-state index is 5.23. The molecular weight excluding hydrogens is 276 g/mol. The molecule has 0 saturated carbocycles. The molecule has 0 atom stereocenters. The first-order chi connectivity index (χ1) is 10.7. The van der Waals surface area contributed by atoms with Gasteiger partial charge in [0.1, 0.15) is 23.2 Å². The van der Waals surface area contributed by atoms with E-state index in [4.69, 9.17) is 4.74 Å². The van der Waals surface area contributed by atoms with Gasteiger partial charge in [0.05, 0.1) is 7.11 Å². The number of anilines is 3. The Kier molecular flexibility index (Phi) is 6.01. The Balaban J connectivity index is 2.05. The summed E-state index contributed by atoms with van der Waals surface area (Å²) < 4.78 is 5.23. The number of benzene rings is 1. The molecule has 1 aromatic heterocycles. The lowest BCUT2D eigenvalue weighted by Gasteiger charge is -2.11. The predicted octanol–water partition coefficient (Wildman–Crippen LogP) is 4.14. The van der Waals surface area contributed by atoms with Gasteiger partial charge in [-0.25, -0.2) is 9.97 Å². The van der Waals surface area contributed by atoms with E-state index in [0.717, 1.165) is 41.9 Å². The Morgan fingerprint density at radius 3 is 2.68 bits per heavy atom. The fourth-order valence-corrected chi connectivity index (χ4v) is 2.16. The minimum absolute atomic E-state index is 0.742. The summed E-state index contributed by atoms with van der Waals surface area (Å²) in [5.74, 6) is 3.19. The quantitative estimate of drug-likeness (QED) is 0.718. The number of nitrogens with one attached hydrogen (secondary N) is 2. The van der Waals surface area contributed by atoms with Crippen molar-refractivity contribution in [2.75, 3.05) is 24.3 Å². The van der Waals surface area contributed by atoms with Gasteiger partial charge in [-0.05, 0) is 25.5 Å². The van der Waals surface area contributed by atoms with Gasteiger partial charge in [0.2, 0.25) is 0 Å². The molecule has 5 nitrogen and oxygen atoms in total. The Morgan fingerprint density at radius 2 is 1.91 bits per heavy atom. The zero-order chi connectivity index (χ0) is 15.8. The van der Waals surface area contributed by atoms with E-state index in [1.54, 1.807) is 7.11 Å². The minimum Gasteiger partial charge on any atom is -0.497 e. The molecule has 0 unspecified atom stereocenters. The van der Waals surface area contributed by atoms with E-state index in [1.165, 1.54) is 12.8 Å². The lowest BCUT2D eigenvalue weighted by Crippen LogP contribution is -2.06. The van der Waals surface area contributed by atoms with Crippen molar-refractivity contribution in [3.05, 3.63) is 36.2 Å². The van der Waals surface area contributed by atoms with E-state index in [1.807, 2.05) is 37.3 Å². The van der Waals surface area contributed by atoms with Gasteiger partial charge < -0.3 is 15.4 Å². The second-order valence-corrected chi connectivity index (χ2v) is 5.18. The topological polar surface area (TPSA) is 59.1 Å². The lowest BCUT2D eigenvalue weighted by molar-refractivity contribution is 0.415. The van der Waals surface area contributed by atoms with Gasteiger partial charge in [-0.15, -0.1) is 0 Å². The third-order valence-electron chi connectivity index (χ3n) is 3.27. The second kappa shape index (κ2) is 8.22. The summed E-state index contributed by atoms with van der Waals surface area (Å²) in [6, 6.07) is 9.70. The number of methoxy groups -OCH3 is 1. The summed E-state index contributed by atoms with van der Waals surface area (Å²) >= 11 is 0. The summed E-state index contributed by atoms with van der Waals surface area (Å²) in [4.78, 5) is 8.85. The van der Waals surface area contributed by atoms with E-state index >= 15 is 0 Å². The van der Waals surface area contributed by atoms with E-state index in [9.17, 15) is 0 Å². The molecule has 0 fully saturated rings. The number of aromatic nitrogens is 2. The largest absolute Gasteiger partial charge is 0.497 e. The van der Waals surface area contributed by atoms with Crippen molar-refractivity contribution in [3.63, 3.8) is 0 Å². The third-order valence-corrected chi connectivity index (χ3v) is 3.27. The zero-order valence-electron chi connectivity index (χ0n) is 13.5. The average molecular weight is 300 g/mol. The zero-order valence-corrected chi connectivity index (χ0v) is 13.5. The van der Waals surface area contributed by atoms with Crippen LogP contribution >= 0.6 is 0 Å². The van der Waals surface area contributed by atoms with Gasteiger partial charge in [0.25, 0.3) is 0 Å².